The van der Waals surface area contributed by atoms with Crippen molar-refractivity contribution in [1.29, 1.82) is 0 Å². The van der Waals surface area contributed by atoms with Gasteiger partial charge >= 0.3 is 12.1 Å². The quantitative estimate of drug-likeness (QED) is 0.184. The van der Waals surface area contributed by atoms with Crippen molar-refractivity contribution >= 4 is 34.7 Å². The van der Waals surface area contributed by atoms with Gasteiger partial charge in [-0.05, 0) is 67.9 Å². The summed E-state index contributed by atoms with van der Waals surface area (Å²) in [5.41, 5.74) is 0.922. The minimum atomic E-state index is -1.70. The van der Waals surface area contributed by atoms with E-state index in [0.717, 1.165) is 78.3 Å². The van der Waals surface area contributed by atoms with Crippen LogP contribution < -0.4 is 15.5 Å². The predicted octanol–water partition coefficient (Wildman–Crippen LogP) is 6.20. The van der Waals surface area contributed by atoms with Gasteiger partial charge < -0.3 is 25.4 Å². The standard InChI is InChI=1S/C36H43N7O4/c1-23-29(38-22-36(33(44)45,35(2,3)4)42-34(46)47-21-24-9-6-5-7-10-24)40-31(27-12-13-27)41-32(23)43-19-16-25(17-20-43)28-15-14-26-11-8-18-37-30(26)39-28/h5-11,14-15,18,25,27H,12-13,16-17,19-22H2,1-4H3,(H,42,46)(H,44,45)(H,38,40,41). The zero-order valence-corrected chi connectivity index (χ0v) is 27.5. The normalized spacial score (nSPS) is 16.8. The molecule has 1 atom stereocenters. The van der Waals surface area contributed by atoms with Gasteiger partial charge in [-0.15, -0.1) is 0 Å². The molecule has 6 rings (SSSR count). The van der Waals surface area contributed by atoms with Crippen molar-refractivity contribution in [2.45, 2.75) is 77.4 Å². The van der Waals surface area contributed by atoms with Gasteiger partial charge in [-0.25, -0.2) is 29.5 Å². The van der Waals surface area contributed by atoms with Gasteiger partial charge in [-0.3, -0.25) is 0 Å². The Hall–Kier alpha value is -4.80. The second kappa shape index (κ2) is 13.1. The number of piperidine rings is 1. The van der Waals surface area contributed by atoms with E-state index < -0.39 is 23.0 Å². The molecule has 11 heteroatoms. The molecule has 47 heavy (non-hydrogen) atoms. The van der Waals surface area contributed by atoms with Gasteiger partial charge in [0.25, 0.3) is 0 Å². The molecule has 11 nitrogen and oxygen atoms in total. The lowest BCUT2D eigenvalue weighted by atomic mass is 9.73. The fourth-order valence-electron chi connectivity index (χ4n) is 6.20. The van der Waals surface area contributed by atoms with Gasteiger partial charge in [0.2, 0.25) is 0 Å². The van der Waals surface area contributed by atoms with E-state index in [1.807, 2.05) is 49.4 Å². The number of carbonyl (C=O) groups excluding carboxylic acids is 1. The summed E-state index contributed by atoms with van der Waals surface area (Å²) in [7, 11) is 0. The Morgan fingerprint density at radius 1 is 0.936 bits per heavy atom. The molecule has 2 aliphatic rings. The number of anilines is 2. The second-order valence-corrected chi connectivity index (χ2v) is 13.7. The molecule has 0 bridgehead atoms. The summed E-state index contributed by atoms with van der Waals surface area (Å²) in [6.07, 6.45) is 4.89. The summed E-state index contributed by atoms with van der Waals surface area (Å²) < 4.78 is 5.44. The Morgan fingerprint density at radius 3 is 2.36 bits per heavy atom. The number of carboxylic acid groups (broad SMARTS) is 1. The smallest absolute Gasteiger partial charge is 0.408 e. The Morgan fingerprint density at radius 2 is 1.68 bits per heavy atom. The average molecular weight is 638 g/mol. The fraction of sp³-hybridized carbons (Fsp3) is 0.444. The summed E-state index contributed by atoms with van der Waals surface area (Å²) in [6.45, 7) is 8.89. The van der Waals surface area contributed by atoms with E-state index in [-0.39, 0.29) is 13.2 Å². The van der Waals surface area contributed by atoms with Crippen LogP contribution in [0.5, 0.6) is 0 Å². The highest BCUT2D eigenvalue weighted by atomic mass is 16.5. The highest BCUT2D eigenvalue weighted by Gasteiger charge is 2.51. The van der Waals surface area contributed by atoms with Crippen LogP contribution in [0, 0.1) is 12.3 Å². The number of hydrogen-bond donors (Lipinski definition) is 3. The molecule has 3 aromatic heterocycles. The maximum atomic E-state index is 13.0. The van der Waals surface area contributed by atoms with Crippen LogP contribution in [0.15, 0.2) is 60.8 Å². The maximum Gasteiger partial charge on any atom is 0.408 e. The van der Waals surface area contributed by atoms with Crippen molar-refractivity contribution in [3.05, 3.63) is 83.4 Å². The summed E-state index contributed by atoms with van der Waals surface area (Å²) in [5, 5.41) is 17.6. The van der Waals surface area contributed by atoms with Crippen molar-refractivity contribution < 1.29 is 19.4 Å². The van der Waals surface area contributed by atoms with Gasteiger partial charge in [0.05, 0.1) is 6.54 Å². The number of nitrogens with one attached hydrogen (secondary N) is 2. The lowest BCUT2D eigenvalue weighted by Crippen LogP contribution is -2.66. The Balaban J connectivity index is 1.20. The number of carbonyl (C=O) groups is 2. The SMILES string of the molecule is Cc1c(NCC(NC(=O)OCc2ccccc2)(C(=O)O)C(C)(C)C)nc(C2CC2)nc1N1CCC(c2ccc3cccnc3n2)CC1. The van der Waals surface area contributed by atoms with Gasteiger partial charge in [-0.2, -0.15) is 0 Å². The summed E-state index contributed by atoms with van der Waals surface area (Å²) in [6, 6.07) is 17.4. The highest BCUT2D eigenvalue weighted by Crippen LogP contribution is 2.41. The van der Waals surface area contributed by atoms with Gasteiger partial charge in [-0.1, -0.05) is 51.1 Å². The van der Waals surface area contributed by atoms with Crippen molar-refractivity contribution in [3.63, 3.8) is 0 Å². The molecule has 3 N–H and O–H groups in total. The van der Waals surface area contributed by atoms with E-state index in [1.54, 1.807) is 27.0 Å². The minimum absolute atomic E-state index is 0.0313. The molecule has 1 aromatic carbocycles. The molecule has 4 aromatic rings. The maximum absolute atomic E-state index is 13.0. The third-order valence-corrected chi connectivity index (χ3v) is 9.47. The lowest BCUT2D eigenvalue weighted by Gasteiger charge is -2.41. The molecule has 1 saturated heterocycles. The van der Waals surface area contributed by atoms with E-state index in [9.17, 15) is 14.7 Å². The number of aliphatic carboxylic acids is 1. The molecule has 0 radical (unpaired) electrons. The van der Waals surface area contributed by atoms with Crippen LogP contribution in [0.25, 0.3) is 11.0 Å². The number of alkyl carbamates (subject to hydrolysis) is 1. The number of carboxylic acids is 1. The fourth-order valence-corrected chi connectivity index (χ4v) is 6.20. The first kappa shape index (κ1) is 32.2. The molecular weight excluding hydrogens is 594 g/mol. The summed E-state index contributed by atoms with van der Waals surface area (Å²) in [4.78, 5) is 47.4. The number of aromatic nitrogens is 4. The monoisotopic (exact) mass is 637 g/mol. The van der Waals surface area contributed by atoms with E-state index in [1.165, 1.54) is 0 Å². The first-order valence-electron chi connectivity index (χ1n) is 16.4. The summed E-state index contributed by atoms with van der Waals surface area (Å²) in [5.74, 6) is 1.67. The van der Waals surface area contributed by atoms with Crippen LogP contribution in [0.3, 0.4) is 0 Å². The largest absolute Gasteiger partial charge is 0.479 e. The molecule has 1 aliphatic heterocycles. The van der Waals surface area contributed by atoms with Crippen LogP contribution in [0.2, 0.25) is 0 Å². The van der Waals surface area contributed by atoms with Crippen LogP contribution in [-0.4, -0.2) is 62.3 Å². The van der Waals surface area contributed by atoms with Crippen LogP contribution >= 0.6 is 0 Å². The molecule has 1 unspecified atom stereocenters. The number of amides is 1. The minimum Gasteiger partial charge on any atom is -0.479 e. The number of hydrogen-bond acceptors (Lipinski definition) is 9. The number of ether oxygens (including phenoxy) is 1. The van der Waals surface area contributed by atoms with E-state index >= 15 is 0 Å². The highest BCUT2D eigenvalue weighted by molar-refractivity contribution is 5.86. The number of nitrogens with zero attached hydrogens (tertiary/aromatic N) is 5. The Kier molecular flexibility index (Phi) is 8.98. The lowest BCUT2D eigenvalue weighted by molar-refractivity contribution is -0.148. The molecule has 0 spiro atoms. The second-order valence-electron chi connectivity index (χ2n) is 13.7. The topological polar surface area (TPSA) is 142 Å². The van der Waals surface area contributed by atoms with Crippen molar-refractivity contribution in [2.24, 2.45) is 5.41 Å². The molecule has 4 heterocycles. The average Bonchev–Trinajstić information content (AvgIpc) is 3.92. The van der Waals surface area contributed by atoms with Crippen LogP contribution in [0.4, 0.5) is 16.4 Å². The predicted molar refractivity (Wildman–Crippen MR) is 181 cm³/mol. The van der Waals surface area contributed by atoms with Crippen LogP contribution in [0.1, 0.15) is 80.9 Å². The van der Waals surface area contributed by atoms with Gasteiger partial charge in [0.15, 0.2) is 11.2 Å². The van der Waals surface area contributed by atoms with Crippen molar-refractivity contribution in [3.8, 4) is 0 Å². The molecule has 246 valence electrons. The number of benzene rings is 1. The summed E-state index contributed by atoms with van der Waals surface area (Å²) >= 11 is 0. The zero-order valence-electron chi connectivity index (χ0n) is 27.5. The van der Waals surface area contributed by atoms with Gasteiger partial charge in [0, 0.05) is 47.8 Å². The van der Waals surface area contributed by atoms with Crippen molar-refractivity contribution in [1.82, 2.24) is 25.3 Å². The number of fused-ring (bicyclic) bond motifs is 1. The molecule has 1 amide bonds. The zero-order chi connectivity index (χ0) is 33.2. The van der Waals surface area contributed by atoms with E-state index in [2.05, 4.69) is 32.7 Å². The number of rotatable bonds is 10. The molecular formula is C36H43N7O4. The third kappa shape index (κ3) is 6.99. The number of pyridine rings is 2. The van der Waals surface area contributed by atoms with Crippen molar-refractivity contribution in [2.75, 3.05) is 29.9 Å². The van der Waals surface area contributed by atoms with E-state index in [0.29, 0.717) is 17.7 Å². The van der Waals surface area contributed by atoms with Gasteiger partial charge in [0.1, 0.15) is 24.1 Å². The molecule has 1 saturated carbocycles. The Bertz CT molecular complexity index is 1750. The first-order valence-corrected chi connectivity index (χ1v) is 16.4. The van der Waals surface area contributed by atoms with E-state index in [4.69, 9.17) is 19.7 Å². The molecule has 2 fully saturated rings. The third-order valence-electron chi connectivity index (χ3n) is 9.47. The van der Waals surface area contributed by atoms with Crippen LogP contribution in [-0.2, 0) is 16.1 Å². The Labute approximate surface area is 275 Å². The molecule has 1 aliphatic carbocycles. The first-order chi connectivity index (χ1) is 22.5.